The Kier molecular flexibility index (Phi) is 13.2. The van der Waals surface area contributed by atoms with Crippen LogP contribution in [0.15, 0.2) is 0 Å². The van der Waals surface area contributed by atoms with E-state index < -0.39 is 48.8 Å². The van der Waals surface area contributed by atoms with Crippen molar-refractivity contribution in [3.05, 3.63) is 0 Å². The van der Waals surface area contributed by atoms with Crippen LogP contribution in [0.2, 0.25) is 0 Å². The SMILES string of the molecule is C.C.C.CC(C)(C)[P+](CC(=O)[O-])(CC(=O)[O-])CC(=O)[O-]. The van der Waals surface area contributed by atoms with Crippen LogP contribution in [0.1, 0.15) is 43.1 Å². The van der Waals surface area contributed by atoms with Crippen LogP contribution in [0.4, 0.5) is 0 Å². The average Bonchev–Trinajstić information content (AvgIpc) is 1.96. The molecule has 0 saturated carbocycles. The molecule has 122 valence electrons. The molecule has 0 saturated heterocycles. The number of rotatable bonds is 6. The molecular weight excluding hydrogens is 283 g/mol. The Balaban J connectivity index is -0.000000427. The van der Waals surface area contributed by atoms with Gasteiger partial charge in [0.2, 0.25) is 0 Å². The van der Waals surface area contributed by atoms with Gasteiger partial charge in [-0.2, -0.15) is 0 Å². The molecule has 0 aromatic rings. The topological polar surface area (TPSA) is 120 Å². The van der Waals surface area contributed by atoms with Crippen LogP contribution in [-0.4, -0.2) is 41.5 Å². The number of hydrogen-bond donors (Lipinski definition) is 0. The van der Waals surface area contributed by atoms with Gasteiger partial charge >= 0.3 is 0 Å². The molecule has 0 atom stereocenters. The summed E-state index contributed by atoms with van der Waals surface area (Å²) in [6, 6.07) is 0. The van der Waals surface area contributed by atoms with Gasteiger partial charge in [0.1, 0.15) is 0 Å². The largest absolute Gasteiger partial charge is 0.546 e. The maximum Gasteiger partial charge on any atom is 0.0999 e. The monoisotopic (exact) mass is 310 g/mol. The van der Waals surface area contributed by atoms with Gasteiger partial charge in [-0.1, -0.05) is 22.3 Å². The zero-order valence-electron chi connectivity index (χ0n) is 10.0. The first-order valence-corrected chi connectivity index (χ1v) is 7.30. The Bertz CT molecular complexity index is 291. The van der Waals surface area contributed by atoms with Gasteiger partial charge in [0.25, 0.3) is 0 Å². The van der Waals surface area contributed by atoms with Crippen molar-refractivity contribution in [1.29, 1.82) is 0 Å². The molecule has 0 rings (SSSR count). The fourth-order valence-corrected chi connectivity index (χ4v) is 4.86. The highest BCUT2D eigenvalue weighted by Crippen LogP contribution is 2.67. The molecular formula is C13H27O6P-2. The third kappa shape index (κ3) is 8.10. The van der Waals surface area contributed by atoms with Crippen LogP contribution in [0.5, 0.6) is 0 Å². The summed E-state index contributed by atoms with van der Waals surface area (Å²) < 4.78 is 0. The first-order valence-electron chi connectivity index (χ1n) is 4.96. The number of carboxylic acids is 3. The predicted octanol–water partition coefficient (Wildman–Crippen LogP) is -1.04. The lowest BCUT2D eigenvalue weighted by atomic mass is 10.3. The molecule has 6 nitrogen and oxygen atoms in total. The van der Waals surface area contributed by atoms with Crippen LogP contribution in [0.3, 0.4) is 0 Å². The maximum atomic E-state index is 10.7. The number of carbonyl (C=O) groups excluding carboxylic acids is 3. The van der Waals surface area contributed by atoms with Crippen molar-refractivity contribution in [2.24, 2.45) is 0 Å². The first-order chi connectivity index (χ1) is 7.50. The van der Waals surface area contributed by atoms with E-state index in [-0.39, 0.29) is 22.3 Å². The summed E-state index contributed by atoms with van der Waals surface area (Å²) in [6.45, 7) is 4.86. The molecule has 20 heavy (non-hydrogen) atoms. The second-order valence-corrected chi connectivity index (χ2v) is 9.49. The van der Waals surface area contributed by atoms with Crippen LogP contribution in [-0.2, 0) is 14.4 Å². The molecule has 0 radical (unpaired) electrons. The number of aliphatic carboxylic acids is 3. The molecule has 0 aromatic heterocycles. The predicted molar refractivity (Wildman–Crippen MR) is 76.5 cm³/mol. The molecule has 0 N–H and O–H groups in total. The van der Waals surface area contributed by atoms with Gasteiger partial charge in [-0.15, -0.1) is 0 Å². The molecule has 0 heterocycles. The Morgan fingerprint density at radius 1 is 0.750 bits per heavy atom. The van der Waals surface area contributed by atoms with Crippen molar-refractivity contribution < 1.29 is 29.7 Å². The van der Waals surface area contributed by atoms with E-state index in [0.29, 0.717) is 0 Å². The molecule has 0 unspecified atom stereocenters. The summed E-state index contributed by atoms with van der Waals surface area (Å²) in [6.07, 6.45) is -1.67. The van der Waals surface area contributed by atoms with Gasteiger partial charge in [-0.05, 0) is 20.8 Å². The Labute approximate surface area is 122 Å². The third-order valence-electron chi connectivity index (χ3n) is 2.72. The Hall–Kier alpha value is -1.16. The van der Waals surface area contributed by atoms with E-state index in [4.69, 9.17) is 0 Å². The molecule has 0 amide bonds. The average molecular weight is 310 g/mol. The number of carbonyl (C=O) groups is 3. The van der Waals surface area contributed by atoms with E-state index in [1.54, 1.807) is 20.8 Å². The molecule has 0 aromatic carbocycles. The van der Waals surface area contributed by atoms with Gasteiger partial charge in [0, 0.05) is 7.26 Å². The minimum Gasteiger partial charge on any atom is -0.546 e. The van der Waals surface area contributed by atoms with Crippen molar-refractivity contribution in [3.8, 4) is 0 Å². The van der Waals surface area contributed by atoms with Crippen molar-refractivity contribution in [3.63, 3.8) is 0 Å². The van der Waals surface area contributed by atoms with Crippen LogP contribution < -0.4 is 15.3 Å². The van der Waals surface area contributed by atoms with Gasteiger partial charge < -0.3 is 29.7 Å². The number of carboxylic acid groups (broad SMARTS) is 3. The summed E-state index contributed by atoms with van der Waals surface area (Å²) in [5, 5.41) is 31.4. The van der Waals surface area contributed by atoms with E-state index in [0.717, 1.165) is 0 Å². The van der Waals surface area contributed by atoms with Crippen LogP contribution in [0.25, 0.3) is 0 Å². The minimum absolute atomic E-state index is 0. The third-order valence-corrected chi connectivity index (χ3v) is 8.15. The Morgan fingerprint density at radius 3 is 1.05 bits per heavy atom. The zero-order chi connectivity index (χ0) is 13.9. The number of hydrogen-bond acceptors (Lipinski definition) is 6. The fraction of sp³-hybridized carbons (Fsp3) is 0.769. The van der Waals surface area contributed by atoms with Gasteiger partial charge in [0.15, 0.2) is 0 Å². The van der Waals surface area contributed by atoms with Crippen molar-refractivity contribution in [1.82, 2.24) is 0 Å². The van der Waals surface area contributed by atoms with Gasteiger partial charge in [0.05, 0.1) is 41.5 Å². The van der Waals surface area contributed by atoms with Gasteiger partial charge in [-0.3, -0.25) is 0 Å². The smallest absolute Gasteiger partial charge is 0.0999 e. The van der Waals surface area contributed by atoms with E-state index in [1.807, 2.05) is 0 Å². The van der Waals surface area contributed by atoms with Crippen molar-refractivity contribution >= 4 is 25.2 Å². The minimum atomic E-state index is -2.83. The van der Waals surface area contributed by atoms with E-state index >= 15 is 0 Å². The normalized spacial score (nSPS) is 10.3. The second kappa shape index (κ2) is 9.70. The van der Waals surface area contributed by atoms with E-state index in [1.165, 1.54) is 0 Å². The standard InChI is InChI=1S/C10H17O6P.3CH4/c1-10(2,3)17(4-7(11)12,5-8(13)14)6-9(15)16;;;/h4-6H2,1-3H3,(H2-,11,12,13,14,15,16);3*1H4/p-2. The maximum absolute atomic E-state index is 10.7. The molecule has 0 bridgehead atoms. The molecule has 0 aliphatic rings. The second-order valence-electron chi connectivity index (χ2n) is 4.91. The highest BCUT2D eigenvalue weighted by atomic mass is 31.2. The summed E-state index contributed by atoms with van der Waals surface area (Å²) in [5.41, 5.74) is 0. The Morgan fingerprint density at radius 2 is 0.950 bits per heavy atom. The molecule has 0 spiro atoms. The summed E-state index contributed by atoms with van der Waals surface area (Å²) in [4.78, 5) is 32.1. The lowest BCUT2D eigenvalue weighted by molar-refractivity contribution is -0.301. The zero-order valence-corrected chi connectivity index (χ0v) is 10.9. The van der Waals surface area contributed by atoms with Crippen molar-refractivity contribution in [2.45, 2.75) is 48.2 Å². The highest BCUT2D eigenvalue weighted by Gasteiger charge is 2.49. The molecule has 0 aliphatic heterocycles. The van der Waals surface area contributed by atoms with Crippen molar-refractivity contribution in [2.75, 3.05) is 18.5 Å². The summed E-state index contributed by atoms with van der Waals surface area (Å²) >= 11 is 0. The van der Waals surface area contributed by atoms with E-state index in [9.17, 15) is 29.7 Å². The summed E-state index contributed by atoms with van der Waals surface area (Å²) in [5.74, 6) is -4.35. The molecule has 7 heteroatoms. The lowest BCUT2D eigenvalue weighted by Crippen LogP contribution is -2.43. The first kappa shape index (κ1) is 27.2. The van der Waals surface area contributed by atoms with E-state index in [2.05, 4.69) is 0 Å². The molecule has 0 aliphatic carbocycles. The fourth-order valence-electron chi connectivity index (χ4n) is 1.62. The van der Waals surface area contributed by atoms with Crippen LogP contribution in [0, 0.1) is 0 Å². The van der Waals surface area contributed by atoms with Crippen LogP contribution >= 0.6 is 7.26 Å². The lowest BCUT2D eigenvalue weighted by Gasteiger charge is -2.39. The van der Waals surface area contributed by atoms with Gasteiger partial charge in [-0.25, -0.2) is 0 Å². The molecule has 0 fully saturated rings. The highest BCUT2D eigenvalue weighted by molar-refractivity contribution is 7.79. The quantitative estimate of drug-likeness (QED) is 0.578. The summed E-state index contributed by atoms with van der Waals surface area (Å²) in [7, 11) is -2.83.